The normalized spacial score (nSPS) is 22.2. The summed E-state index contributed by atoms with van der Waals surface area (Å²) in [6.07, 6.45) is 5.34. The smallest absolute Gasteiger partial charge is 0.161 e. The van der Waals surface area contributed by atoms with E-state index < -0.39 is 0 Å². The van der Waals surface area contributed by atoms with Gasteiger partial charge in [0.2, 0.25) is 0 Å². The van der Waals surface area contributed by atoms with E-state index in [4.69, 9.17) is 14.1 Å². The van der Waals surface area contributed by atoms with E-state index in [9.17, 15) is 5.11 Å². The number of amidine groups is 1. The molecule has 0 fully saturated rings. The zero-order chi connectivity index (χ0) is 22.2. The Balaban J connectivity index is 1.56. The van der Waals surface area contributed by atoms with Crippen molar-refractivity contribution in [3.05, 3.63) is 70.0 Å². The maximum Gasteiger partial charge on any atom is 0.161 e. The summed E-state index contributed by atoms with van der Waals surface area (Å²) in [5, 5.41) is 13.7. The third kappa shape index (κ3) is 2.60. The van der Waals surface area contributed by atoms with E-state index in [2.05, 4.69) is 38.2 Å². The number of aromatic hydroxyl groups is 1. The van der Waals surface area contributed by atoms with Gasteiger partial charge in [0, 0.05) is 16.7 Å². The van der Waals surface area contributed by atoms with Crippen LogP contribution in [0.5, 0.6) is 11.5 Å². The second kappa shape index (κ2) is 6.64. The van der Waals surface area contributed by atoms with Crippen molar-refractivity contribution in [2.75, 3.05) is 7.11 Å². The summed E-state index contributed by atoms with van der Waals surface area (Å²) in [6.45, 7) is 6.81. The first kappa shape index (κ1) is 19.5. The summed E-state index contributed by atoms with van der Waals surface area (Å²) in [6, 6.07) is 9.97. The van der Waals surface area contributed by atoms with Gasteiger partial charge in [-0.3, -0.25) is 4.99 Å². The predicted molar refractivity (Wildman–Crippen MR) is 125 cm³/mol. The Morgan fingerprint density at radius 3 is 2.84 bits per heavy atom. The summed E-state index contributed by atoms with van der Waals surface area (Å²) >= 11 is 0. The Hall–Kier alpha value is -3.21. The summed E-state index contributed by atoms with van der Waals surface area (Å²) < 4.78 is 11.4. The van der Waals surface area contributed by atoms with Crippen molar-refractivity contribution in [2.24, 2.45) is 4.99 Å². The first-order valence-electron chi connectivity index (χ1n) is 11.4. The lowest BCUT2D eigenvalue weighted by Gasteiger charge is -2.37. The predicted octanol–water partition coefficient (Wildman–Crippen LogP) is 5.73. The number of methoxy groups -OCH3 is 1. The largest absolute Gasteiger partial charge is 0.504 e. The Labute approximate surface area is 188 Å². The van der Waals surface area contributed by atoms with Crippen molar-refractivity contribution in [1.29, 1.82) is 0 Å². The number of hydrogen-bond donors (Lipinski definition) is 2. The molecule has 0 radical (unpaired) electrons. The highest BCUT2D eigenvalue weighted by Gasteiger charge is 2.44. The molecule has 2 aliphatic carbocycles. The minimum absolute atomic E-state index is 0.00699. The molecule has 2 atom stereocenters. The highest BCUT2D eigenvalue weighted by molar-refractivity contribution is 6.01. The fourth-order valence-electron chi connectivity index (χ4n) is 5.92. The van der Waals surface area contributed by atoms with Gasteiger partial charge >= 0.3 is 0 Å². The van der Waals surface area contributed by atoms with Crippen molar-refractivity contribution in [2.45, 2.75) is 57.5 Å². The van der Waals surface area contributed by atoms with E-state index in [1.165, 1.54) is 40.7 Å². The van der Waals surface area contributed by atoms with Gasteiger partial charge in [0.15, 0.2) is 11.5 Å². The molecule has 164 valence electrons. The molecule has 2 heterocycles. The third-order valence-corrected chi connectivity index (χ3v) is 7.52. The number of ether oxygens (including phenoxy) is 1. The molecule has 0 spiro atoms. The second-order valence-electron chi connectivity index (χ2n) is 9.88. The lowest BCUT2D eigenvalue weighted by molar-refractivity contribution is 0.373. The molecule has 2 N–H and O–H groups in total. The van der Waals surface area contributed by atoms with Crippen LogP contribution in [0.25, 0.3) is 11.3 Å². The molecule has 5 nitrogen and oxygen atoms in total. The molecule has 3 aromatic rings. The van der Waals surface area contributed by atoms with E-state index in [0.717, 1.165) is 29.1 Å². The van der Waals surface area contributed by atoms with E-state index in [-0.39, 0.29) is 23.2 Å². The van der Waals surface area contributed by atoms with Gasteiger partial charge in [-0.15, -0.1) is 0 Å². The first-order chi connectivity index (χ1) is 15.4. The molecular weight excluding hydrogens is 400 g/mol. The van der Waals surface area contributed by atoms with Gasteiger partial charge in [-0.2, -0.15) is 0 Å². The molecule has 32 heavy (non-hydrogen) atoms. The zero-order valence-corrected chi connectivity index (χ0v) is 19.0. The fraction of sp³-hybridized carbons (Fsp3) is 0.370. The second-order valence-corrected chi connectivity index (χ2v) is 9.88. The summed E-state index contributed by atoms with van der Waals surface area (Å²) in [5.74, 6) is 2.37. The van der Waals surface area contributed by atoms with Crippen LogP contribution in [-0.2, 0) is 11.8 Å². The highest BCUT2D eigenvalue weighted by Crippen LogP contribution is 2.54. The minimum Gasteiger partial charge on any atom is -0.504 e. The van der Waals surface area contributed by atoms with Gasteiger partial charge in [0.1, 0.15) is 17.6 Å². The number of furan rings is 1. The SMILES string of the molecule is COc1cc(C2=NC3c4c(ccc5c4CCCC5(C)C)-c4occ(C)c4C3N2)ccc1O. The summed E-state index contributed by atoms with van der Waals surface area (Å²) in [7, 11) is 1.56. The zero-order valence-electron chi connectivity index (χ0n) is 19.0. The van der Waals surface area contributed by atoms with E-state index in [1.807, 2.05) is 18.4 Å². The van der Waals surface area contributed by atoms with Gasteiger partial charge in [-0.05, 0) is 72.1 Å². The van der Waals surface area contributed by atoms with Crippen LogP contribution in [0.2, 0.25) is 0 Å². The number of aryl methyl sites for hydroxylation is 1. The van der Waals surface area contributed by atoms with E-state index >= 15 is 0 Å². The lowest BCUT2D eigenvalue weighted by atomic mass is 9.68. The highest BCUT2D eigenvalue weighted by atomic mass is 16.5. The number of nitrogens with one attached hydrogen (secondary N) is 1. The molecule has 1 aromatic heterocycles. The number of nitrogens with zero attached hydrogens (tertiary/aromatic N) is 1. The number of hydrogen-bond acceptors (Lipinski definition) is 5. The molecule has 2 unspecified atom stereocenters. The van der Waals surface area contributed by atoms with Crippen molar-refractivity contribution in [1.82, 2.24) is 5.32 Å². The molecular formula is C27H28N2O3. The van der Waals surface area contributed by atoms with Crippen molar-refractivity contribution in [3.8, 4) is 22.8 Å². The van der Waals surface area contributed by atoms with Crippen LogP contribution in [0.1, 0.15) is 72.2 Å². The van der Waals surface area contributed by atoms with Gasteiger partial charge in [0.25, 0.3) is 0 Å². The number of fused-ring (bicyclic) bond motifs is 8. The van der Waals surface area contributed by atoms with Crippen LogP contribution in [0, 0.1) is 6.92 Å². The van der Waals surface area contributed by atoms with Gasteiger partial charge < -0.3 is 19.6 Å². The molecule has 2 aromatic carbocycles. The molecule has 0 amide bonds. The van der Waals surface area contributed by atoms with Crippen molar-refractivity contribution >= 4 is 5.84 Å². The average Bonchev–Trinajstić information content (AvgIpc) is 3.37. The number of benzene rings is 2. The number of phenolic OH excluding ortho intramolecular Hbond substituents is 1. The topological polar surface area (TPSA) is 67.0 Å². The molecule has 0 saturated heterocycles. The quantitative estimate of drug-likeness (QED) is 0.547. The molecule has 0 bridgehead atoms. The van der Waals surface area contributed by atoms with E-state index in [0.29, 0.717) is 5.75 Å². The van der Waals surface area contributed by atoms with Crippen LogP contribution in [0.15, 0.2) is 46.0 Å². The Kier molecular flexibility index (Phi) is 4.04. The van der Waals surface area contributed by atoms with Crippen LogP contribution in [0.4, 0.5) is 0 Å². The maximum absolute atomic E-state index is 10.0. The molecule has 6 rings (SSSR count). The Morgan fingerprint density at radius 1 is 1.19 bits per heavy atom. The third-order valence-electron chi connectivity index (χ3n) is 7.52. The van der Waals surface area contributed by atoms with Gasteiger partial charge in [-0.25, -0.2) is 0 Å². The van der Waals surface area contributed by atoms with Crippen molar-refractivity contribution < 1.29 is 14.3 Å². The lowest BCUT2D eigenvalue weighted by Crippen LogP contribution is -2.30. The molecule has 0 saturated carbocycles. The van der Waals surface area contributed by atoms with Crippen LogP contribution in [-0.4, -0.2) is 18.1 Å². The number of rotatable bonds is 2. The van der Waals surface area contributed by atoms with Gasteiger partial charge in [0.05, 0.1) is 19.4 Å². The Morgan fingerprint density at radius 2 is 2.03 bits per heavy atom. The monoisotopic (exact) mass is 428 g/mol. The summed E-state index contributed by atoms with van der Waals surface area (Å²) in [5.41, 5.74) is 8.81. The average molecular weight is 429 g/mol. The number of phenols is 1. The molecule has 3 aliphatic rings. The van der Waals surface area contributed by atoms with Crippen LogP contribution in [0.3, 0.4) is 0 Å². The van der Waals surface area contributed by atoms with E-state index in [1.54, 1.807) is 13.2 Å². The van der Waals surface area contributed by atoms with Crippen molar-refractivity contribution in [3.63, 3.8) is 0 Å². The maximum atomic E-state index is 10.0. The fourth-order valence-corrected chi connectivity index (χ4v) is 5.92. The van der Waals surface area contributed by atoms with Gasteiger partial charge in [-0.1, -0.05) is 26.0 Å². The first-order valence-corrected chi connectivity index (χ1v) is 11.4. The van der Waals surface area contributed by atoms with Crippen LogP contribution < -0.4 is 10.1 Å². The number of aliphatic imine (C=N–C) groups is 1. The summed E-state index contributed by atoms with van der Waals surface area (Å²) in [4.78, 5) is 5.23. The Bertz CT molecular complexity index is 1280. The molecule has 1 aliphatic heterocycles. The molecule has 5 heteroatoms. The minimum atomic E-state index is -0.00699. The van der Waals surface area contributed by atoms with Crippen LogP contribution >= 0.6 is 0 Å². The standard InChI is InChI=1S/C27H28N2O3/c1-14-13-32-25-17-8-9-18-16(6-5-11-27(18,2)3)22(17)24-23(21(14)25)28-26(29-24)15-7-10-19(30)20(12-15)31-4/h7-10,12-13,23-24,30H,5-6,11H2,1-4H3,(H,28,29).